The minimum atomic E-state index is -0.478. The summed E-state index contributed by atoms with van der Waals surface area (Å²) < 4.78 is 15.8. The Morgan fingerprint density at radius 3 is 1.36 bits per heavy atom. The Hall–Kier alpha value is -13.9. The molecule has 104 heavy (non-hydrogen) atoms. The lowest BCUT2D eigenvalue weighted by atomic mass is 9.75. The first-order valence-corrected chi connectivity index (χ1v) is 35.3. The lowest BCUT2D eigenvalue weighted by Gasteiger charge is -2.28. The molecule has 11 heteroatoms. The predicted octanol–water partition coefficient (Wildman–Crippen LogP) is 22.5. The van der Waals surface area contributed by atoms with Crippen LogP contribution in [0, 0.1) is 0 Å². The number of nitrogens with zero attached hydrogens (tertiary/aromatic N) is 10. The number of benzene rings is 14. The summed E-state index contributed by atoms with van der Waals surface area (Å²) in [6.45, 7) is 2.42. The van der Waals surface area contributed by atoms with Crippen LogP contribution in [-0.2, 0) is 11.8 Å². The van der Waals surface area contributed by atoms with Crippen LogP contribution in [0.25, 0.3) is 189 Å². The zero-order chi connectivity index (χ0) is 68.3. The second-order valence-corrected chi connectivity index (χ2v) is 27.5. The molecular weight excluding hydrogens is 1270 g/mol. The molecule has 0 N–H and O–H groups in total. The van der Waals surface area contributed by atoms with Crippen LogP contribution >= 0.6 is 0 Å². The van der Waals surface area contributed by atoms with Crippen LogP contribution in [0.4, 0.5) is 0 Å². The molecule has 1 aliphatic rings. The summed E-state index contributed by atoms with van der Waals surface area (Å²) in [6, 6.07) is 114. The summed E-state index contributed by atoms with van der Waals surface area (Å²) in [6.07, 6.45) is 0.710. The van der Waals surface area contributed by atoms with Crippen LogP contribution in [0.3, 0.4) is 0 Å². The Balaban J connectivity index is 0.700. The highest BCUT2D eigenvalue weighted by molar-refractivity contribution is 6.28. The van der Waals surface area contributed by atoms with E-state index in [-0.39, 0.29) is 0 Å². The van der Waals surface area contributed by atoms with Gasteiger partial charge in [-0.05, 0) is 113 Å². The van der Waals surface area contributed by atoms with Gasteiger partial charge < -0.3 is 13.6 Å². The molecule has 0 radical (unpaired) electrons. The van der Waals surface area contributed by atoms with Crippen molar-refractivity contribution >= 4 is 109 Å². The number of aromatic nitrogens is 10. The van der Waals surface area contributed by atoms with E-state index < -0.39 is 5.41 Å². The maximum atomic E-state index is 6.44. The maximum absolute atomic E-state index is 6.44. The summed E-state index contributed by atoms with van der Waals surface area (Å²) in [4.78, 5) is 32.6. The Morgan fingerprint density at radius 1 is 0.279 bits per heavy atom. The van der Waals surface area contributed by atoms with Crippen molar-refractivity contribution in [2.75, 3.05) is 0 Å². The van der Waals surface area contributed by atoms with Crippen LogP contribution in [0.2, 0.25) is 0 Å². The van der Waals surface area contributed by atoms with E-state index in [4.69, 9.17) is 34.3 Å². The molecule has 486 valence electrons. The van der Waals surface area contributed by atoms with Crippen LogP contribution < -0.4 is 0 Å². The minimum Gasteiger partial charge on any atom is -0.456 e. The molecular formula is C93H58N10O. The Morgan fingerprint density at radius 2 is 0.731 bits per heavy atom. The van der Waals surface area contributed by atoms with Gasteiger partial charge in [-0.15, -0.1) is 0 Å². The van der Waals surface area contributed by atoms with Gasteiger partial charge in [-0.1, -0.05) is 250 Å². The van der Waals surface area contributed by atoms with Gasteiger partial charge in [0.1, 0.15) is 11.2 Å². The number of hydrogen-bond acceptors (Lipinski definition) is 7. The average Bonchev–Trinajstić information content (AvgIpc) is 1.54. The predicted molar refractivity (Wildman–Crippen MR) is 422 cm³/mol. The van der Waals surface area contributed by atoms with E-state index in [2.05, 4.69) is 280 Å². The standard InChI is InChI=1S/C93H58N10O/c1-93(72-40-17-11-33-62(72)63-48-47-59(54-73(63)93)89-94-87(57-26-5-2-6-27-57)96-91(98-89)102-76-43-20-14-36-68(76)83-78(102)51-49-66-64-34-12-18-41-74(64)100(85(66)83)60-30-9-4-10-31-60)55-56-25-23-32-61(53-56)101-75-42-19-13-35-65(75)67-50-52-79-84(86(67)101)69-37-15-21-44-77(69)103(79)92-97-88(58-28-7-3-8-29-58)95-90(99-92)71-39-24-46-81-82(71)70-38-16-22-45-80(70)104-81/h2-54H,55H2,1H3. The third-order valence-corrected chi connectivity index (χ3v) is 21.7. The average molecular weight is 1330 g/mol. The van der Waals surface area contributed by atoms with Crippen LogP contribution in [-0.4, -0.2) is 48.2 Å². The van der Waals surface area contributed by atoms with Gasteiger partial charge in [-0.2, -0.15) is 19.9 Å². The molecule has 0 saturated heterocycles. The second kappa shape index (κ2) is 22.3. The number of furan rings is 1. The molecule has 1 atom stereocenters. The van der Waals surface area contributed by atoms with Crippen molar-refractivity contribution in [3.63, 3.8) is 0 Å². The summed E-state index contributed by atoms with van der Waals surface area (Å²) in [5, 5.41) is 11.1. The molecule has 11 nitrogen and oxygen atoms in total. The van der Waals surface area contributed by atoms with Gasteiger partial charge in [0.15, 0.2) is 23.3 Å². The highest BCUT2D eigenvalue weighted by atomic mass is 16.3. The van der Waals surface area contributed by atoms with Crippen molar-refractivity contribution < 1.29 is 4.42 Å². The first-order chi connectivity index (χ1) is 51.5. The van der Waals surface area contributed by atoms with Crippen LogP contribution in [0.15, 0.2) is 326 Å². The van der Waals surface area contributed by atoms with Gasteiger partial charge in [0, 0.05) is 92.9 Å². The molecule has 7 heterocycles. The smallest absolute Gasteiger partial charge is 0.238 e. The number of hydrogen-bond donors (Lipinski definition) is 0. The Labute approximate surface area is 595 Å². The van der Waals surface area contributed by atoms with Gasteiger partial charge >= 0.3 is 0 Å². The quantitative estimate of drug-likeness (QED) is 0.134. The fraction of sp³-hybridized carbons (Fsp3) is 0.0323. The Kier molecular flexibility index (Phi) is 12.4. The van der Waals surface area contributed by atoms with Crippen LogP contribution in [0.5, 0.6) is 0 Å². The van der Waals surface area contributed by atoms with Crippen molar-refractivity contribution in [1.29, 1.82) is 0 Å². The van der Waals surface area contributed by atoms with E-state index in [1.54, 1.807) is 0 Å². The lowest BCUT2D eigenvalue weighted by Crippen LogP contribution is -2.24. The molecule has 0 bridgehead atoms. The number of rotatable bonds is 10. The molecule has 21 aromatic rings. The van der Waals surface area contributed by atoms with Gasteiger partial charge in [0.05, 0.1) is 44.1 Å². The van der Waals surface area contributed by atoms with Gasteiger partial charge in [-0.3, -0.25) is 9.13 Å². The SMILES string of the molecule is CC1(Cc2cccc(-n3c4ccccc4c4ccc5c(c6ccccc6n5-c5nc(-c6ccccc6)nc(-c6cccc7oc8ccccc8c67)n5)c43)c2)c2ccccc2-c2ccc(-c3nc(-c4ccccc4)nc(-n4c5ccccc5c5c4ccc4c6ccccc6n(-c6ccccc6)c45)n3)cc21. The van der Waals surface area contributed by atoms with Gasteiger partial charge in [-0.25, -0.2) is 9.97 Å². The van der Waals surface area contributed by atoms with E-state index in [1.807, 2.05) is 66.7 Å². The third-order valence-electron chi connectivity index (χ3n) is 21.7. The summed E-state index contributed by atoms with van der Waals surface area (Å²) in [5.74, 6) is 3.38. The topological polar surface area (TPSA) is 110 Å². The summed E-state index contributed by atoms with van der Waals surface area (Å²) in [7, 11) is 0. The maximum Gasteiger partial charge on any atom is 0.238 e. The molecule has 1 aliphatic carbocycles. The molecule has 22 rings (SSSR count). The van der Waals surface area contributed by atoms with E-state index in [9.17, 15) is 0 Å². The number of fused-ring (bicyclic) bond motifs is 20. The zero-order valence-electron chi connectivity index (χ0n) is 56.2. The lowest BCUT2D eigenvalue weighted by molar-refractivity contribution is 0.583. The van der Waals surface area contributed by atoms with E-state index in [0.29, 0.717) is 41.6 Å². The molecule has 14 aromatic carbocycles. The van der Waals surface area contributed by atoms with Crippen molar-refractivity contribution in [1.82, 2.24) is 48.2 Å². The van der Waals surface area contributed by atoms with E-state index in [1.165, 1.54) is 44.0 Å². The molecule has 0 spiro atoms. The highest BCUT2D eigenvalue weighted by Crippen LogP contribution is 2.53. The van der Waals surface area contributed by atoms with E-state index >= 15 is 0 Å². The fourth-order valence-corrected chi connectivity index (χ4v) is 17.3. The molecule has 0 amide bonds. The second-order valence-electron chi connectivity index (χ2n) is 27.5. The number of para-hydroxylation sites is 6. The molecule has 7 aromatic heterocycles. The summed E-state index contributed by atoms with van der Waals surface area (Å²) in [5.41, 5.74) is 21.4. The van der Waals surface area contributed by atoms with Crippen molar-refractivity contribution in [2.45, 2.75) is 18.8 Å². The molecule has 0 aliphatic heterocycles. The fourth-order valence-electron chi connectivity index (χ4n) is 17.3. The molecule has 1 unspecified atom stereocenters. The van der Waals surface area contributed by atoms with Crippen molar-refractivity contribution in [2.24, 2.45) is 0 Å². The highest BCUT2D eigenvalue weighted by Gasteiger charge is 2.40. The third kappa shape index (κ3) is 8.52. The van der Waals surface area contributed by atoms with Gasteiger partial charge in [0.2, 0.25) is 11.9 Å². The van der Waals surface area contributed by atoms with E-state index in [0.717, 1.165) is 127 Å². The first kappa shape index (κ1) is 57.9. The molecule has 0 fully saturated rings. The zero-order valence-corrected chi connectivity index (χ0v) is 56.2. The summed E-state index contributed by atoms with van der Waals surface area (Å²) >= 11 is 0. The normalized spacial score (nSPS) is 13.7. The first-order valence-electron chi connectivity index (χ1n) is 35.3. The van der Waals surface area contributed by atoms with Gasteiger partial charge in [0.25, 0.3) is 0 Å². The van der Waals surface area contributed by atoms with Crippen molar-refractivity contribution in [3.05, 3.63) is 338 Å². The monoisotopic (exact) mass is 1330 g/mol. The minimum absolute atomic E-state index is 0.478. The van der Waals surface area contributed by atoms with Crippen molar-refractivity contribution in [3.8, 4) is 79.9 Å². The molecule has 0 saturated carbocycles. The van der Waals surface area contributed by atoms with Crippen LogP contribution in [0.1, 0.15) is 23.6 Å². The Bertz CT molecular complexity index is 7160. The largest absolute Gasteiger partial charge is 0.456 e.